The lowest BCUT2D eigenvalue weighted by Gasteiger charge is -2.32. The number of halogens is 1. The fourth-order valence-corrected chi connectivity index (χ4v) is 3.44. The van der Waals surface area contributed by atoms with Crippen LogP contribution in [0.1, 0.15) is 44.3 Å². The zero-order chi connectivity index (χ0) is 13.7. The number of hydrogen-bond acceptors (Lipinski definition) is 2. The third-order valence-electron chi connectivity index (χ3n) is 4.16. The second-order valence-corrected chi connectivity index (χ2v) is 6.40. The van der Waals surface area contributed by atoms with Crippen LogP contribution in [-0.4, -0.2) is 29.6 Å². The molecule has 0 spiro atoms. The topological polar surface area (TPSA) is 23.5 Å². The molecule has 0 aliphatic carbocycles. The molecule has 1 aliphatic heterocycles. The first kappa shape index (κ1) is 15.0. The average Bonchev–Trinajstić information content (AvgIpc) is 2.45. The third-order valence-corrected chi connectivity index (χ3v) is 4.89. The molecule has 0 aromatic heterocycles. The summed E-state index contributed by atoms with van der Waals surface area (Å²) in [6, 6.07) is 7.96. The molecule has 1 fully saturated rings. The van der Waals surface area contributed by atoms with E-state index in [1.54, 1.807) is 0 Å². The van der Waals surface area contributed by atoms with Crippen molar-refractivity contribution in [3.63, 3.8) is 0 Å². The van der Waals surface area contributed by atoms with Crippen LogP contribution in [0.2, 0.25) is 0 Å². The van der Waals surface area contributed by atoms with Crippen molar-refractivity contribution in [1.29, 1.82) is 0 Å². The van der Waals surface area contributed by atoms with Crippen LogP contribution >= 0.6 is 15.9 Å². The van der Waals surface area contributed by atoms with E-state index in [0.29, 0.717) is 0 Å². The van der Waals surface area contributed by atoms with Gasteiger partial charge < -0.3 is 10.0 Å². The SMILES string of the molecule is CCC1CCCN(CCC(O)c2ccccc2Br)C1. The van der Waals surface area contributed by atoms with E-state index < -0.39 is 0 Å². The predicted molar refractivity (Wildman–Crippen MR) is 83.2 cm³/mol. The molecule has 106 valence electrons. The number of aliphatic hydroxyl groups excluding tert-OH is 1. The molecule has 2 atom stereocenters. The number of hydrogen-bond donors (Lipinski definition) is 1. The Hall–Kier alpha value is -0.380. The molecule has 2 rings (SSSR count). The van der Waals surface area contributed by atoms with Crippen LogP contribution in [0.25, 0.3) is 0 Å². The Morgan fingerprint density at radius 1 is 1.42 bits per heavy atom. The van der Waals surface area contributed by atoms with Crippen LogP contribution < -0.4 is 0 Å². The molecule has 1 N–H and O–H groups in total. The van der Waals surface area contributed by atoms with E-state index in [2.05, 4.69) is 27.8 Å². The van der Waals surface area contributed by atoms with Crippen molar-refractivity contribution in [1.82, 2.24) is 4.90 Å². The molecular formula is C16H24BrNO. The van der Waals surface area contributed by atoms with Gasteiger partial charge in [-0.2, -0.15) is 0 Å². The largest absolute Gasteiger partial charge is 0.388 e. The first-order chi connectivity index (χ1) is 9.20. The molecule has 1 saturated heterocycles. The number of rotatable bonds is 5. The van der Waals surface area contributed by atoms with E-state index in [0.717, 1.165) is 28.9 Å². The number of piperidine rings is 1. The summed E-state index contributed by atoms with van der Waals surface area (Å²) >= 11 is 3.51. The van der Waals surface area contributed by atoms with Gasteiger partial charge in [-0.15, -0.1) is 0 Å². The quantitative estimate of drug-likeness (QED) is 0.884. The Kier molecular flexibility index (Phi) is 5.86. The Balaban J connectivity index is 1.83. The first-order valence-corrected chi connectivity index (χ1v) is 8.14. The van der Waals surface area contributed by atoms with Gasteiger partial charge in [0.25, 0.3) is 0 Å². The molecule has 1 aromatic rings. The van der Waals surface area contributed by atoms with E-state index >= 15 is 0 Å². The summed E-state index contributed by atoms with van der Waals surface area (Å²) in [6.45, 7) is 5.68. The summed E-state index contributed by atoms with van der Waals surface area (Å²) in [5, 5.41) is 10.3. The molecule has 0 saturated carbocycles. The lowest BCUT2D eigenvalue weighted by atomic mass is 9.95. The van der Waals surface area contributed by atoms with E-state index in [4.69, 9.17) is 0 Å². The highest BCUT2D eigenvalue weighted by Crippen LogP contribution is 2.26. The molecule has 2 nitrogen and oxygen atoms in total. The Bertz CT molecular complexity index is 396. The lowest BCUT2D eigenvalue weighted by molar-refractivity contribution is 0.117. The van der Waals surface area contributed by atoms with Gasteiger partial charge in [-0.3, -0.25) is 0 Å². The van der Waals surface area contributed by atoms with Gasteiger partial charge in [0.15, 0.2) is 0 Å². The van der Waals surface area contributed by atoms with Crippen molar-refractivity contribution >= 4 is 15.9 Å². The van der Waals surface area contributed by atoms with Gasteiger partial charge in [0, 0.05) is 17.6 Å². The minimum atomic E-state index is -0.363. The Morgan fingerprint density at radius 3 is 2.95 bits per heavy atom. The maximum Gasteiger partial charge on any atom is 0.0813 e. The van der Waals surface area contributed by atoms with E-state index in [1.807, 2.05) is 24.3 Å². The van der Waals surface area contributed by atoms with Crippen LogP contribution in [0.3, 0.4) is 0 Å². The van der Waals surface area contributed by atoms with Gasteiger partial charge in [-0.1, -0.05) is 47.5 Å². The fraction of sp³-hybridized carbons (Fsp3) is 0.625. The molecule has 3 heteroatoms. The number of aliphatic hydroxyl groups is 1. The van der Waals surface area contributed by atoms with Crippen LogP contribution in [0, 0.1) is 5.92 Å². The van der Waals surface area contributed by atoms with Gasteiger partial charge >= 0.3 is 0 Å². The third kappa shape index (κ3) is 4.30. The zero-order valence-electron chi connectivity index (χ0n) is 11.7. The van der Waals surface area contributed by atoms with Crippen LogP contribution in [0.15, 0.2) is 28.7 Å². The van der Waals surface area contributed by atoms with E-state index in [-0.39, 0.29) is 6.10 Å². The van der Waals surface area contributed by atoms with Crippen LogP contribution in [0.4, 0.5) is 0 Å². The van der Waals surface area contributed by atoms with Crippen molar-refractivity contribution in [3.05, 3.63) is 34.3 Å². The summed E-state index contributed by atoms with van der Waals surface area (Å²) in [5.74, 6) is 0.856. The molecule has 0 bridgehead atoms. The zero-order valence-corrected chi connectivity index (χ0v) is 13.3. The maximum atomic E-state index is 10.3. The number of nitrogens with zero attached hydrogens (tertiary/aromatic N) is 1. The Morgan fingerprint density at radius 2 is 2.21 bits per heavy atom. The minimum absolute atomic E-state index is 0.363. The highest BCUT2D eigenvalue weighted by molar-refractivity contribution is 9.10. The van der Waals surface area contributed by atoms with E-state index in [1.165, 1.54) is 32.4 Å². The van der Waals surface area contributed by atoms with Crippen molar-refractivity contribution in [2.75, 3.05) is 19.6 Å². The molecule has 2 unspecified atom stereocenters. The van der Waals surface area contributed by atoms with Gasteiger partial charge in [-0.05, 0) is 43.4 Å². The highest BCUT2D eigenvalue weighted by Gasteiger charge is 2.19. The first-order valence-electron chi connectivity index (χ1n) is 7.35. The molecule has 0 amide bonds. The number of benzene rings is 1. The molecule has 1 aromatic carbocycles. The monoisotopic (exact) mass is 325 g/mol. The second kappa shape index (κ2) is 7.41. The minimum Gasteiger partial charge on any atom is -0.388 e. The van der Waals surface area contributed by atoms with Crippen molar-refractivity contribution in [2.45, 2.75) is 38.7 Å². The van der Waals surface area contributed by atoms with Crippen molar-refractivity contribution in [2.24, 2.45) is 5.92 Å². The summed E-state index contributed by atoms with van der Waals surface area (Å²) in [5.41, 5.74) is 1.01. The number of likely N-dealkylation sites (tertiary alicyclic amines) is 1. The Labute approximate surface area is 124 Å². The normalized spacial score (nSPS) is 22.4. The summed E-state index contributed by atoms with van der Waals surface area (Å²) in [6.07, 6.45) is 4.42. The molecule has 1 heterocycles. The summed E-state index contributed by atoms with van der Waals surface area (Å²) < 4.78 is 1.01. The summed E-state index contributed by atoms with van der Waals surface area (Å²) in [7, 11) is 0. The second-order valence-electron chi connectivity index (χ2n) is 5.54. The van der Waals surface area contributed by atoms with Crippen LogP contribution in [0.5, 0.6) is 0 Å². The van der Waals surface area contributed by atoms with Crippen LogP contribution in [-0.2, 0) is 0 Å². The van der Waals surface area contributed by atoms with Gasteiger partial charge in [-0.25, -0.2) is 0 Å². The molecule has 0 radical (unpaired) electrons. The molecule has 1 aliphatic rings. The van der Waals surface area contributed by atoms with Crippen molar-refractivity contribution < 1.29 is 5.11 Å². The maximum absolute atomic E-state index is 10.3. The van der Waals surface area contributed by atoms with Gasteiger partial charge in [0.2, 0.25) is 0 Å². The van der Waals surface area contributed by atoms with Gasteiger partial charge in [0.1, 0.15) is 0 Å². The van der Waals surface area contributed by atoms with Crippen molar-refractivity contribution in [3.8, 4) is 0 Å². The average molecular weight is 326 g/mol. The molecular weight excluding hydrogens is 302 g/mol. The smallest absolute Gasteiger partial charge is 0.0813 e. The molecule has 19 heavy (non-hydrogen) atoms. The summed E-state index contributed by atoms with van der Waals surface area (Å²) in [4.78, 5) is 2.51. The fourth-order valence-electron chi connectivity index (χ4n) is 2.89. The van der Waals surface area contributed by atoms with Gasteiger partial charge in [0.05, 0.1) is 6.10 Å². The highest BCUT2D eigenvalue weighted by atomic mass is 79.9. The lowest BCUT2D eigenvalue weighted by Crippen LogP contribution is -2.36. The van der Waals surface area contributed by atoms with E-state index in [9.17, 15) is 5.11 Å². The predicted octanol–water partition coefficient (Wildman–Crippen LogP) is 3.99. The standard InChI is InChI=1S/C16H24BrNO/c1-2-13-6-5-10-18(12-13)11-9-16(19)14-7-3-4-8-15(14)17/h3-4,7-8,13,16,19H,2,5-6,9-12H2,1H3.